The van der Waals surface area contributed by atoms with Crippen LogP contribution in [0.5, 0.6) is 0 Å². The fourth-order valence-electron chi connectivity index (χ4n) is 3.07. The molecule has 4 atom stereocenters. The molecule has 2 aliphatic heterocycles. The molecule has 2 heterocycles. The minimum Gasteiger partial charge on any atom is -0.481 e. The topological polar surface area (TPSA) is 114 Å². The summed E-state index contributed by atoms with van der Waals surface area (Å²) in [4.78, 5) is 37.1. The number of carboxylic acid groups (broad SMARTS) is 1. The normalized spacial score (nSPS) is 31.2. The molecule has 2 rings (SSSR count). The van der Waals surface area contributed by atoms with E-state index in [1.165, 1.54) is 11.8 Å². The summed E-state index contributed by atoms with van der Waals surface area (Å²) in [5.74, 6) is -3.50. The highest BCUT2D eigenvalue weighted by Crippen LogP contribution is 2.38. The van der Waals surface area contributed by atoms with E-state index in [9.17, 15) is 19.5 Å². The average molecular weight is 358 g/mol. The number of carbonyl (C=O) groups excluding carboxylic acids is 2. The third-order valence-electron chi connectivity index (χ3n) is 3.90. The minimum atomic E-state index is -1.11. The Kier molecular flexibility index (Phi) is 5.02. The molecule has 9 nitrogen and oxygen atoms in total. The Morgan fingerprint density at radius 1 is 1.20 bits per heavy atom. The first-order chi connectivity index (χ1) is 11.3. The first-order valence-corrected chi connectivity index (χ1v) is 8.16. The number of nitrogens with zero attached hydrogens (tertiary/aromatic N) is 1. The largest absolute Gasteiger partial charge is 0.481 e. The Morgan fingerprint density at radius 3 is 2.24 bits per heavy atom. The van der Waals surface area contributed by atoms with Crippen LogP contribution in [0, 0.1) is 5.92 Å². The number of fused-ring (bicyclic) bond motifs is 1. The lowest BCUT2D eigenvalue weighted by Gasteiger charge is -2.43. The fourth-order valence-corrected chi connectivity index (χ4v) is 3.07. The summed E-state index contributed by atoms with van der Waals surface area (Å²) >= 11 is 0. The maximum Gasteiger partial charge on any atom is 0.412 e. The van der Waals surface area contributed by atoms with Crippen molar-refractivity contribution in [3.05, 3.63) is 0 Å². The Labute approximate surface area is 146 Å². The number of piperidine rings is 1. The van der Waals surface area contributed by atoms with Crippen molar-refractivity contribution in [3.8, 4) is 0 Å². The average Bonchev–Trinajstić information content (AvgIpc) is 2.71. The molecule has 142 valence electrons. The summed E-state index contributed by atoms with van der Waals surface area (Å²) in [6.45, 7) is 9.59. The van der Waals surface area contributed by atoms with Gasteiger partial charge in [-0.2, -0.15) is 0 Å². The van der Waals surface area contributed by atoms with Crippen LogP contribution in [0.1, 0.15) is 41.5 Å². The number of amides is 2. The molecular weight excluding hydrogens is 332 g/mol. The zero-order valence-corrected chi connectivity index (χ0v) is 15.4. The van der Waals surface area contributed by atoms with Crippen LogP contribution >= 0.6 is 0 Å². The third-order valence-corrected chi connectivity index (χ3v) is 3.90. The van der Waals surface area contributed by atoms with Gasteiger partial charge in [0.05, 0.1) is 0 Å². The van der Waals surface area contributed by atoms with Crippen molar-refractivity contribution in [3.63, 3.8) is 0 Å². The second-order valence-electron chi connectivity index (χ2n) is 7.79. The van der Waals surface area contributed by atoms with E-state index >= 15 is 0 Å². The molecule has 9 heteroatoms. The van der Waals surface area contributed by atoms with Crippen LogP contribution in [0.4, 0.5) is 4.79 Å². The van der Waals surface area contributed by atoms with Gasteiger partial charge in [-0.1, -0.05) is 0 Å². The number of hydrogen-bond acceptors (Lipinski definition) is 6. The number of likely N-dealkylation sites (tertiary alicyclic amines) is 1. The Balaban J connectivity index is 2.37. The molecule has 0 aromatic rings. The molecule has 2 aliphatic rings. The van der Waals surface area contributed by atoms with Gasteiger partial charge >= 0.3 is 12.1 Å². The van der Waals surface area contributed by atoms with E-state index in [0.29, 0.717) is 0 Å². The first kappa shape index (κ1) is 19.5. The molecule has 0 aliphatic carbocycles. The Hall–Kier alpha value is -1.87. The number of carbonyl (C=O) groups is 3. The van der Waals surface area contributed by atoms with Gasteiger partial charge in [-0.3, -0.25) is 14.5 Å². The second-order valence-corrected chi connectivity index (χ2v) is 7.79. The molecule has 2 fully saturated rings. The maximum absolute atomic E-state index is 12.6. The highest BCUT2D eigenvalue weighted by Gasteiger charge is 2.57. The number of hydrogen-bond donors (Lipinski definition) is 2. The number of ether oxygens (including phenoxy) is 3. The van der Waals surface area contributed by atoms with Gasteiger partial charge in [0.2, 0.25) is 5.91 Å². The lowest BCUT2D eigenvalue weighted by Crippen LogP contribution is -2.66. The molecule has 0 unspecified atom stereocenters. The van der Waals surface area contributed by atoms with Crippen LogP contribution in [0.3, 0.4) is 0 Å². The van der Waals surface area contributed by atoms with E-state index in [1.807, 2.05) is 0 Å². The Morgan fingerprint density at radius 2 is 1.76 bits per heavy atom. The number of aliphatic carboxylic acids is 1. The summed E-state index contributed by atoms with van der Waals surface area (Å²) in [5.41, 5.74) is -0.764. The molecule has 2 N–H and O–H groups in total. The Bertz CT molecular complexity index is 569. The van der Waals surface area contributed by atoms with Gasteiger partial charge in [0.25, 0.3) is 0 Å². The van der Waals surface area contributed by atoms with E-state index < -0.39 is 47.7 Å². The van der Waals surface area contributed by atoms with E-state index in [2.05, 4.69) is 5.32 Å². The van der Waals surface area contributed by atoms with Crippen molar-refractivity contribution in [2.45, 2.75) is 71.3 Å². The van der Waals surface area contributed by atoms with Gasteiger partial charge in [0.15, 0.2) is 5.79 Å². The monoisotopic (exact) mass is 358 g/mol. The summed E-state index contributed by atoms with van der Waals surface area (Å²) in [5, 5.41) is 12.2. The van der Waals surface area contributed by atoms with Gasteiger partial charge in [-0.05, 0) is 34.6 Å². The quantitative estimate of drug-likeness (QED) is 0.754. The van der Waals surface area contributed by atoms with Crippen LogP contribution in [-0.4, -0.2) is 64.3 Å². The van der Waals surface area contributed by atoms with Gasteiger partial charge in [-0.25, -0.2) is 4.79 Å². The van der Waals surface area contributed by atoms with Crippen molar-refractivity contribution < 1.29 is 33.7 Å². The second kappa shape index (κ2) is 6.45. The summed E-state index contributed by atoms with van der Waals surface area (Å²) < 4.78 is 16.9. The number of nitrogens with one attached hydrogen (secondary N) is 1. The van der Waals surface area contributed by atoms with Gasteiger partial charge in [-0.15, -0.1) is 0 Å². The lowest BCUT2D eigenvalue weighted by atomic mass is 9.90. The molecule has 0 saturated carbocycles. The third kappa shape index (κ3) is 4.40. The number of rotatable bonds is 2. The zero-order chi connectivity index (χ0) is 19.2. The van der Waals surface area contributed by atoms with Gasteiger partial charge in [0.1, 0.15) is 29.9 Å². The molecule has 0 radical (unpaired) electrons. The van der Waals surface area contributed by atoms with Gasteiger partial charge in [0, 0.05) is 13.5 Å². The molecule has 2 amide bonds. The standard InChI is InChI=1S/C16H26N2O7/c1-8(19)17-12-11-10(23-16(5,6)24-11)9(13(20)21)7-18(12)14(22)25-15(2,3)4/h9-12H,7H2,1-6H3,(H,17,19)(H,20,21)/t9-,10-,11-,12-/m0/s1. The van der Waals surface area contributed by atoms with Crippen molar-refractivity contribution in [1.29, 1.82) is 0 Å². The zero-order valence-electron chi connectivity index (χ0n) is 15.4. The van der Waals surface area contributed by atoms with Crippen LogP contribution in [0.25, 0.3) is 0 Å². The van der Waals surface area contributed by atoms with E-state index in [1.54, 1.807) is 34.6 Å². The van der Waals surface area contributed by atoms with Crippen LogP contribution in [0.15, 0.2) is 0 Å². The summed E-state index contributed by atoms with van der Waals surface area (Å²) in [6.07, 6.45) is -3.21. The van der Waals surface area contributed by atoms with Crippen LogP contribution < -0.4 is 5.32 Å². The molecule has 0 bridgehead atoms. The molecule has 25 heavy (non-hydrogen) atoms. The number of carboxylic acids is 1. The molecule has 0 aromatic carbocycles. The smallest absolute Gasteiger partial charge is 0.412 e. The summed E-state index contributed by atoms with van der Waals surface area (Å²) in [6, 6.07) is 0. The molecule has 2 saturated heterocycles. The van der Waals surface area contributed by atoms with E-state index in [4.69, 9.17) is 14.2 Å². The maximum atomic E-state index is 12.6. The van der Waals surface area contributed by atoms with Crippen LogP contribution in [0.2, 0.25) is 0 Å². The van der Waals surface area contributed by atoms with Crippen molar-refractivity contribution in [2.75, 3.05) is 6.54 Å². The SMILES string of the molecule is CC(=O)N[C@@H]1[C@H]2OC(C)(C)O[C@H]2[C@@H](C(=O)O)CN1C(=O)OC(C)(C)C. The van der Waals surface area contributed by atoms with Gasteiger partial charge < -0.3 is 24.6 Å². The molecule has 0 spiro atoms. The van der Waals surface area contributed by atoms with Crippen molar-refractivity contribution >= 4 is 18.0 Å². The van der Waals surface area contributed by atoms with Crippen LogP contribution in [-0.2, 0) is 23.8 Å². The predicted molar refractivity (Wildman–Crippen MR) is 85.5 cm³/mol. The molecular formula is C16H26N2O7. The summed E-state index contributed by atoms with van der Waals surface area (Å²) in [7, 11) is 0. The first-order valence-electron chi connectivity index (χ1n) is 8.16. The van der Waals surface area contributed by atoms with E-state index in [-0.39, 0.29) is 12.5 Å². The highest BCUT2D eigenvalue weighted by atomic mass is 16.8. The minimum absolute atomic E-state index is 0.157. The fraction of sp³-hybridized carbons (Fsp3) is 0.812. The van der Waals surface area contributed by atoms with Crippen molar-refractivity contribution in [1.82, 2.24) is 10.2 Å². The molecule has 0 aromatic heterocycles. The lowest BCUT2D eigenvalue weighted by molar-refractivity contribution is -0.159. The highest BCUT2D eigenvalue weighted by molar-refractivity contribution is 5.77. The van der Waals surface area contributed by atoms with Crippen molar-refractivity contribution in [2.24, 2.45) is 5.92 Å². The van der Waals surface area contributed by atoms with E-state index in [0.717, 1.165) is 0 Å². The predicted octanol–water partition coefficient (Wildman–Crippen LogP) is 0.920.